The number of hydrogen-bond acceptors (Lipinski definition) is 5. The standard InChI is InChI=1S/C14H16N2O4S/c1-2-6-16(11-5-7-21(19,20)9-11)14(18)10-3-4-12(15)13(17)8-10/h1,3-4,8,11,17H,5-7,9,15H2. The van der Waals surface area contributed by atoms with Crippen molar-refractivity contribution < 1.29 is 18.3 Å². The van der Waals surface area contributed by atoms with E-state index >= 15 is 0 Å². The number of carbonyl (C=O) groups is 1. The summed E-state index contributed by atoms with van der Waals surface area (Å²) in [6.45, 7) is 0.0180. The number of phenols is 1. The molecule has 1 saturated heterocycles. The number of rotatable bonds is 3. The van der Waals surface area contributed by atoms with E-state index < -0.39 is 21.8 Å². The maximum absolute atomic E-state index is 12.5. The van der Waals surface area contributed by atoms with Gasteiger partial charge in [-0.05, 0) is 24.6 Å². The van der Waals surface area contributed by atoms with Crippen LogP contribution in [0, 0.1) is 12.3 Å². The Morgan fingerprint density at radius 1 is 1.52 bits per heavy atom. The number of nitrogens with zero attached hydrogens (tertiary/aromatic N) is 1. The SMILES string of the molecule is C#CCN(C(=O)c1ccc(N)c(O)c1)C1CCS(=O)(=O)C1. The van der Waals surface area contributed by atoms with Crippen LogP contribution in [0.1, 0.15) is 16.8 Å². The lowest BCUT2D eigenvalue weighted by Gasteiger charge is -2.26. The zero-order valence-electron chi connectivity index (χ0n) is 11.3. The van der Waals surface area contributed by atoms with Gasteiger partial charge in [0, 0.05) is 11.6 Å². The summed E-state index contributed by atoms with van der Waals surface area (Å²) in [6, 6.07) is 3.72. The number of nitrogens with two attached hydrogens (primary N) is 1. The molecule has 3 N–H and O–H groups in total. The van der Waals surface area contributed by atoms with Gasteiger partial charge in [0.1, 0.15) is 5.75 Å². The fraction of sp³-hybridized carbons (Fsp3) is 0.357. The molecule has 1 atom stereocenters. The number of hydrogen-bond donors (Lipinski definition) is 2. The van der Waals surface area contributed by atoms with Crippen LogP contribution in [0.4, 0.5) is 5.69 Å². The molecular formula is C14H16N2O4S. The van der Waals surface area contributed by atoms with Gasteiger partial charge >= 0.3 is 0 Å². The fourth-order valence-electron chi connectivity index (χ4n) is 2.33. The summed E-state index contributed by atoms with van der Waals surface area (Å²) in [5, 5.41) is 9.58. The lowest BCUT2D eigenvalue weighted by Crippen LogP contribution is -2.41. The summed E-state index contributed by atoms with van der Waals surface area (Å²) < 4.78 is 23.1. The van der Waals surface area contributed by atoms with E-state index in [1.54, 1.807) is 0 Å². The van der Waals surface area contributed by atoms with Crippen molar-refractivity contribution in [1.82, 2.24) is 4.90 Å². The van der Waals surface area contributed by atoms with Crippen molar-refractivity contribution in [2.24, 2.45) is 0 Å². The van der Waals surface area contributed by atoms with Crippen LogP contribution >= 0.6 is 0 Å². The zero-order chi connectivity index (χ0) is 15.6. The molecule has 1 unspecified atom stereocenters. The number of carbonyl (C=O) groups excluding carboxylic acids is 1. The van der Waals surface area contributed by atoms with Crippen molar-refractivity contribution in [2.45, 2.75) is 12.5 Å². The number of amides is 1. The fourth-order valence-corrected chi connectivity index (χ4v) is 4.06. The second-order valence-corrected chi connectivity index (χ2v) is 7.20. The minimum Gasteiger partial charge on any atom is -0.506 e. The van der Waals surface area contributed by atoms with Gasteiger partial charge in [-0.3, -0.25) is 4.79 Å². The lowest BCUT2D eigenvalue weighted by atomic mass is 10.1. The smallest absolute Gasteiger partial charge is 0.255 e. The maximum Gasteiger partial charge on any atom is 0.255 e. The van der Waals surface area contributed by atoms with Crippen molar-refractivity contribution in [3.8, 4) is 18.1 Å². The lowest BCUT2D eigenvalue weighted by molar-refractivity contribution is 0.0724. The van der Waals surface area contributed by atoms with Gasteiger partial charge in [0.15, 0.2) is 9.84 Å². The first kappa shape index (κ1) is 15.2. The third-order valence-electron chi connectivity index (χ3n) is 3.45. The van der Waals surface area contributed by atoms with E-state index in [1.165, 1.54) is 23.1 Å². The maximum atomic E-state index is 12.5. The summed E-state index contributed by atoms with van der Waals surface area (Å²) in [5.74, 6) is 1.74. The van der Waals surface area contributed by atoms with Gasteiger partial charge in [-0.15, -0.1) is 6.42 Å². The molecule has 1 aromatic carbocycles. The van der Waals surface area contributed by atoms with Crippen LogP contribution in [0.3, 0.4) is 0 Å². The molecule has 1 heterocycles. The summed E-state index contributed by atoms with van der Waals surface area (Å²) in [6.07, 6.45) is 5.64. The molecule has 0 bridgehead atoms. The number of aromatic hydroxyl groups is 1. The Bertz CT molecular complexity index is 706. The number of terminal acetylenes is 1. The number of anilines is 1. The molecule has 1 aromatic rings. The summed E-state index contributed by atoms with van der Waals surface area (Å²) >= 11 is 0. The molecule has 0 aliphatic carbocycles. The molecule has 0 aromatic heterocycles. The van der Waals surface area contributed by atoms with Crippen LogP contribution in [0.15, 0.2) is 18.2 Å². The molecule has 2 rings (SSSR count). The van der Waals surface area contributed by atoms with Crippen LogP contribution in [-0.4, -0.2) is 48.4 Å². The zero-order valence-corrected chi connectivity index (χ0v) is 12.1. The predicted octanol–water partition coefficient (Wildman–Crippen LogP) is 0.237. The molecule has 0 spiro atoms. The van der Waals surface area contributed by atoms with Gasteiger partial charge in [0.25, 0.3) is 5.91 Å². The molecule has 6 nitrogen and oxygen atoms in total. The van der Waals surface area contributed by atoms with E-state index in [1.807, 2.05) is 0 Å². The molecular weight excluding hydrogens is 292 g/mol. The van der Waals surface area contributed by atoms with E-state index in [2.05, 4.69) is 5.92 Å². The Hall–Kier alpha value is -2.20. The second-order valence-electron chi connectivity index (χ2n) is 4.97. The Kier molecular flexibility index (Phi) is 4.09. The van der Waals surface area contributed by atoms with Crippen LogP contribution in [-0.2, 0) is 9.84 Å². The largest absolute Gasteiger partial charge is 0.506 e. The summed E-state index contributed by atoms with van der Waals surface area (Å²) in [4.78, 5) is 13.8. The first-order chi connectivity index (χ1) is 9.84. The molecule has 7 heteroatoms. The van der Waals surface area contributed by atoms with Gasteiger partial charge in [0.05, 0.1) is 23.7 Å². The highest BCUT2D eigenvalue weighted by molar-refractivity contribution is 7.91. The Morgan fingerprint density at radius 3 is 2.76 bits per heavy atom. The average molecular weight is 308 g/mol. The normalized spacial score (nSPS) is 19.9. The summed E-state index contributed by atoms with van der Waals surface area (Å²) in [5.41, 5.74) is 5.88. The Balaban J connectivity index is 2.28. The molecule has 0 radical (unpaired) electrons. The minimum absolute atomic E-state index is 0.0180. The van der Waals surface area contributed by atoms with E-state index in [4.69, 9.17) is 12.2 Å². The average Bonchev–Trinajstić information content (AvgIpc) is 2.78. The molecule has 112 valence electrons. The second kappa shape index (κ2) is 5.66. The van der Waals surface area contributed by atoms with Crippen molar-refractivity contribution >= 4 is 21.4 Å². The number of nitrogen functional groups attached to an aromatic ring is 1. The quantitative estimate of drug-likeness (QED) is 0.473. The summed E-state index contributed by atoms with van der Waals surface area (Å²) in [7, 11) is -3.12. The van der Waals surface area contributed by atoms with Gasteiger partial charge in [-0.2, -0.15) is 0 Å². The Labute approximate surface area is 123 Å². The van der Waals surface area contributed by atoms with E-state index in [9.17, 15) is 18.3 Å². The molecule has 1 fully saturated rings. The highest BCUT2D eigenvalue weighted by Gasteiger charge is 2.34. The van der Waals surface area contributed by atoms with Gasteiger partial charge in [-0.25, -0.2) is 8.42 Å². The van der Waals surface area contributed by atoms with Gasteiger partial charge in [-0.1, -0.05) is 5.92 Å². The number of phenolic OH excluding ortho intramolecular Hbond substituents is 1. The van der Waals surface area contributed by atoms with Crippen LogP contribution in [0.2, 0.25) is 0 Å². The minimum atomic E-state index is -3.12. The third-order valence-corrected chi connectivity index (χ3v) is 5.20. The van der Waals surface area contributed by atoms with Crippen molar-refractivity contribution in [1.29, 1.82) is 0 Å². The third kappa shape index (κ3) is 3.28. The first-order valence-electron chi connectivity index (χ1n) is 6.37. The molecule has 0 saturated carbocycles. The topological polar surface area (TPSA) is 101 Å². The number of sulfone groups is 1. The van der Waals surface area contributed by atoms with Crippen molar-refractivity contribution in [3.05, 3.63) is 23.8 Å². The predicted molar refractivity (Wildman–Crippen MR) is 79.4 cm³/mol. The monoisotopic (exact) mass is 308 g/mol. The molecule has 1 aliphatic heterocycles. The molecule has 1 aliphatic rings. The van der Waals surface area contributed by atoms with E-state index in [0.29, 0.717) is 6.42 Å². The van der Waals surface area contributed by atoms with Crippen molar-refractivity contribution in [2.75, 3.05) is 23.8 Å². The highest BCUT2D eigenvalue weighted by Crippen LogP contribution is 2.24. The van der Waals surface area contributed by atoms with Crippen LogP contribution in [0.5, 0.6) is 5.75 Å². The molecule has 1 amide bonds. The molecule has 21 heavy (non-hydrogen) atoms. The van der Waals surface area contributed by atoms with E-state index in [0.717, 1.165) is 0 Å². The van der Waals surface area contributed by atoms with Gasteiger partial charge in [0.2, 0.25) is 0 Å². The Morgan fingerprint density at radius 2 is 2.24 bits per heavy atom. The van der Waals surface area contributed by atoms with Crippen LogP contribution < -0.4 is 5.73 Å². The number of benzene rings is 1. The van der Waals surface area contributed by atoms with E-state index in [-0.39, 0.29) is 35.1 Å². The first-order valence-corrected chi connectivity index (χ1v) is 8.19. The highest BCUT2D eigenvalue weighted by atomic mass is 32.2. The van der Waals surface area contributed by atoms with Crippen molar-refractivity contribution in [3.63, 3.8) is 0 Å². The van der Waals surface area contributed by atoms with Crippen LogP contribution in [0.25, 0.3) is 0 Å². The van der Waals surface area contributed by atoms with Gasteiger partial charge < -0.3 is 15.7 Å².